The molecule has 0 bridgehead atoms. The molecular formula is C45H51NO6S2. The van der Waals surface area contributed by atoms with Gasteiger partial charge in [-0.1, -0.05) is 60.5 Å². The van der Waals surface area contributed by atoms with E-state index in [9.17, 15) is 10.2 Å². The minimum absolute atomic E-state index is 0.0131. The fourth-order valence-electron chi connectivity index (χ4n) is 8.78. The van der Waals surface area contributed by atoms with E-state index < -0.39 is 5.79 Å². The molecule has 9 heteroatoms. The molecule has 2 N–H and O–H groups in total. The molecule has 0 aromatic heterocycles. The Morgan fingerprint density at radius 2 is 1.63 bits per heavy atom. The van der Waals surface area contributed by atoms with Crippen LogP contribution in [0.4, 0.5) is 0 Å². The fourth-order valence-corrected chi connectivity index (χ4v) is 10.5. The van der Waals surface area contributed by atoms with Gasteiger partial charge >= 0.3 is 0 Å². The molecule has 3 aliphatic rings. The van der Waals surface area contributed by atoms with Crippen molar-refractivity contribution in [3.05, 3.63) is 115 Å². The van der Waals surface area contributed by atoms with Crippen LogP contribution < -0.4 is 9.47 Å². The van der Waals surface area contributed by atoms with Crippen molar-refractivity contribution in [2.24, 2.45) is 22.9 Å². The topological polar surface area (TPSA) is 89.7 Å². The smallest absolute Gasteiger partial charge is 0.231 e. The van der Waals surface area contributed by atoms with Crippen LogP contribution in [0.2, 0.25) is 0 Å². The molecule has 0 saturated heterocycles. The molecule has 1 aliphatic heterocycles. The Morgan fingerprint density at radius 1 is 0.889 bits per heavy atom. The van der Waals surface area contributed by atoms with E-state index in [0.717, 1.165) is 77.5 Å². The predicted octanol–water partition coefficient (Wildman–Crippen LogP) is 10.4. The number of hydrogen-bond acceptors (Lipinski definition) is 9. The summed E-state index contributed by atoms with van der Waals surface area (Å²) in [4.78, 5) is 7.90. The summed E-state index contributed by atoms with van der Waals surface area (Å²) < 4.78 is 20.9. The Bertz CT molecular complexity index is 1960. The molecule has 54 heavy (non-hydrogen) atoms. The number of oxime groups is 1. The highest BCUT2D eigenvalue weighted by atomic mass is 32.2. The molecule has 284 valence electrons. The Hall–Kier alpha value is -3.73. The van der Waals surface area contributed by atoms with Gasteiger partial charge in [0.05, 0.1) is 23.5 Å². The summed E-state index contributed by atoms with van der Waals surface area (Å²) in [6, 6.07) is 29.4. The molecule has 0 radical (unpaired) electrons. The van der Waals surface area contributed by atoms with E-state index in [4.69, 9.17) is 24.2 Å². The zero-order valence-corrected chi connectivity index (χ0v) is 32.8. The van der Waals surface area contributed by atoms with Gasteiger partial charge < -0.3 is 29.3 Å². The van der Waals surface area contributed by atoms with Crippen LogP contribution in [0.5, 0.6) is 17.2 Å². The number of rotatable bonds is 17. The zero-order valence-electron chi connectivity index (χ0n) is 31.2. The van der Waals surface area contributed by atoms with E-state index >= 15 is 0 Å². The van der Waals surface area contributed by atoms with Crippen LogP contribution >= 0.6 is 23.5 Å². The molecule has 2 aliphatic carbocycles. The highest BCUT2D eigenvalue weighted by molar-refractivity contribution is 8.00. The molecule has 0 unspecified atom stereocenters. The largest absolute Gasteiger partial charge is 0.460 e. The van der Waals surface area contributed by atoms with Crippen molar-refractivity contribution in [2.45, 2.75) is 71.7 Å². The summed E-state index contributed by atoms with van der Waals surface area (Å²) in [5, 5.41) is 26.6. The van der Waals surface area contributed by atoms with Crippen LogP contribution in [0, 0.1) is 17.8 Å². The average Bonchev–Trinajstić information content (AvgIpc) is 3.20. The van der Waals surface area contributed by atoms with Gasteiger partial charge in [0.2, 0.25) is 5.79 Å². The van der Waals surface area contributed by atoms with Gasteiger partial charge in [-0.15, -0.1) is 30.1 Å². The number of nitrogens with zero attached hydrogens (tertiary/aromatic N) is 1. The second kappa shape index (κ2) is 17.8. The van der Waals surface area contributed by atoms with Gasteiger partial charge in [0.15, 0.2) is 0 Å². The number of thioether (sulfide) groups is 2. The van der Waals surface area contributed by atoms with E-state index in [2.05, 4.69) is 85.6 Å². The number of unbranched alkanes of at least 4 members (excludes halogenated alkanes) is 2. The van der Waals surface area contributed by atoms with Gasteiger partial charge in [0.25, 0.3) is 0 Å². The Labute approximate surface area is 327 Å². The lowest BCUT2D eigenvalue weighted by atomic mass is 9.56. The molecule has 0 amide bonds. The van der Waals surface area contributed by atoms with Gasteiger partial charge in [0, 0.05) is 40.9 Å². The summed E-state index contributed by atoms with van der Waals surface area (Å²) in [6.45, 7) is 4.70. The van der Waals surface area contributed by atoms with E-state index in [1.807, 2.05) is 18.2 Å². The molecular weight excluding hydrogens is 715 g/mol. The normalized spacial score (nSPS) is 25.0. The zero-order chi connectivity index (χ0) is 37.5. The van der Waals surface area contributed by atoms with Crippen LogP contribution in [0.1, 0.15) is 56.4 Å². The second-order valence-electron chi connectivity index (χ2n) is 14.3. The number of fused-ring (bicyclic) bond motifs is 3. The summed E-state index contributed by atoms with van der Waals surface area (Å²) in [5.74, 6) is 1.46. The third-order valence-corrected chi connectivity index (χ3v) is 13.2. The van der Waals surface area contributed by atoms with Crippen LogP contribution in [-0.4, -0.2) is 60.1 Å². The van der Waals surface area contributed by atoms with E-state index in [-0.39, 0.29) is 42.1 Å². The lowest BCUT2D eigenvalue weighted by molar-refractivity contribution is -0.223. The predicted molar refractivity (Wildman–Crippen MR) is 220 cm³/mol. The summed E-state index contributed by atoms with van der Waals surface area (Å²) >= 11 is 3.47. The quantitative estimate of drug-likeness (QED) is 0.0475. The SMILES string of the molecule is C=CCO[C@@]12Oc3ccc(Oc4ccc(SC)cc4)cc3[C@H]3[C@H](CCCCO)[C@@H](CCCCO)C=C(C(=NOC)C[C@@H]1Sc1ccc4ccccc4c1)[C@H]32. The van der Waals surface area contributed by atoms with Crippen molar-refractivity contribution < 1.29 is 29.3 Å². The molecule has 4 aromatic rings. The first kappa shape index (κ1) is 38.5. The molecule has 1 saturated carbocycles. The first-order valence-electron chi connectivity index (χ1n) is 19.1. The summed E-state index contributed by atoms with van der Waals surface area (Å²) in [7, 11) is 1.62. The molecule has 1 fully saturated rings. The maximum absolute atomic E-state index is 9.90. The number of allylic oxidation sites excluding steroid dienone is 1. The summed E-state index contributed by atoms with van der Waals surface area (Å²) in [5.41, 5.74) is 3.12. The van der Waals surface area contributed by atoms with Crippen molar-refractivity contribution in [2.75, 3.05) is 33.2 Å². The highest BCUT2D eigenvalue weighted by Crippen LogP contribution is 2.63. The number of aliphatic hydroxyl groups is 2. The third-order valence-electron chi connectivity index (χ3n) is 11.1. The Morgan fingerprint density at radius 3 is 2.37 bits per heavy atom. The second-order valence-corrected chi connectivity index (χ2v) is 16.5. The first-order chi connectivity index (χ1) is 26.5. The number of hydrogen-bond donors (Lipinski definition) is 2. The Kier molecular flexibility index (Phi) is 12.7. The lowest BCUT2D eigenvalue weighted by Gasteiger charge is -2.58. The summed E-state index contributed by atoms with van der Waals surface area (Å²) in [6.07, 6.45) is 12.0. The van der Waals surface area contributed by atoms with E-state index in [0.29, 0.717) is 13.0 Å². The molecule has 7 nitrogen and oxygen atoms in total. The molecule has 6 atom stereocenters. The minimum atomic E-state index is -1.05. The van der Waals surface area contributed by atoms with Crippen molar-refractivity contribution in [1.29, 1.82) is 0 Å². The van der Waals surface area contributed by atoms with Crippen molar-refractivity contribution in [3.8, 4) is 17.2 Å². The highest BCUT2D eigenvalue weighted by Gasteiger charge is 2.64. The minimum Gasteiger partial charge on any atom is -0.460 e. The lowest BCUT2D eigenvalue weighted by Crippen LogP contribution is -2.64. The number of aliphatic hydroxyl groups excluding tert-OH is 2. The van der Waals surface area contributed by atoms with E-state index in [1.54, 1.807) is 36.7 Å². The monoisotopic (exact) mass is 765 g/mol. The van der Waals surface area contributed by atoms with E-state index in [1.165, 1.54) is 15.7 Å². The first-order valence-corrected chi connectivity index (χ1v) is 21.2. The molecule has 4 aromatic carbocycles. The van der Waals surface area contributed by atoms with Crippen LogP contribution in [-0.2, 0) is 9.57 Å². The molecule has 1 heterocycles. The number of ether oxygens (including phenoxy) is 3. The van der Waals surface area contributed by atoms with Gasteiger partial charge in [-0.2, -0.15) is 0 Å². The van der Waals surface area contributed by atoms with Crippen LogP contribution in [0.25, 0.3) is 10.8 Å². The maximum atomic E-state index is 9.90. The van der Waals surface area contributed by atoms with Gasteiger partial charge in [-0.3, -0.25) is 0 Å². The maximum Gasteiger partial charge on any atom is 0.231 e. The number of benzene rings is 4. The average molecular weight is 766 g/mol. The molecule has 0 spiro atoms. The van der Waals surface area contributed by atoms with Crippen molar-refractivity contribution in [1.82, 2.24) is 0 Å². The van der Waals surface area contributed by atoms with Crippen molar-refractivity contribution in [3.63, 3.8) is 0 Å². The van der Waals surface area contributed by atoms with Gasteiger partial charge in [0.1, 0.15) is 24.4 Å². The van der Waals surface area contributed by atoms with Crippen LogP contribution in [0.3, 0.4) is 0 Å². The van der Waals surface area contributed by atoms with Crippen molar-refractivity contribution >= 4 is 40.0 Å². The fraction of sp³-hybridized carbons (Fsp3) is 0.400. The van der Waals surface area contributed by atoms with Gasteiger partial charge in [-0.25, -0.2) is 0 Å². The van der Waals surface area contributed by atoms with Gasteiger partial charge in [-0.05, 0) is 115 Å². The Balaban J connectivity index is 1.39. The molecule has 7 rings (SSSR count). The third kappa shape index (κ3) is 7.98. The standard InChI is InChI=1S/C45H51NO6S2/c1-4-25-50-45-42(54-36-19-15-30-11-5-6-12-31(30)26-36)29-40(46-49-2)38-27-32(13-7-9-23-47)37(14-8-10-24-48)43(44(38)45)39-28-34(18-22-41(39)52-45)51-33-16-20-35(53-3)21-17-33/h4-6,11-12,15-22,26-28,32,37,42-44,47-48H,1,7-10,13-14,23-25,29H2,2-3H3/t32-,37+,42-,43+,44+,45+/m0/s1. The van der Waals surface area contributed by atoms with Crippen LogP contribution in [0.15, 0.2) is 124 Å².